The summed E-state index contributed by atoms with van der Waals surface area (Å²) in [7, 11) is -2.99. The summed E-state index contributed by atoms with van der Waals surface area (Å²) in [5.74, 6) is -0.640. The van der Waals surface area contributed by atoms with E-state index in [4.69, 9.17) is 18.9 Å². The lowest BCUT2D eigenvalue weighted by Gasteiger charge is -2.25. The Kier molecular flexibility index (Phi) is 6.46. The second-order valence-corrected chi connectivity index (χ2v) is 8.03. The van der Waals surface area contributed by atoms with Crippen LogP contribution in [-0.4, -0.2) is 53.8 Å². The number of ether oxygens (including phenoxy) is 4. The van der Waals surface area contributed by atoms with Crippen LogP contribution in [0.2, 0.25) is 0 Å². The minimum Gasteiger partial charge on any atom is -0.486 e. The van der Waals surface area contributed by atoms with Crippen molar-refractivity contribution in [2.24, 2.45) is 0 Å². The Hall–Kier alpha value is -3.27. The van der Waals surface area contributed by atoms with E-state index in [1.54, 1.807) is 6.92 Å². The lowest BCUT2D eigenvalue weighted by atomic mass is 10.2. The Morgan fingerprint density at radius 3 is 2.50 bits per heavy atom. The zero-order chi connectivity index (χ0) is 21.7. The van der Waals surface area contributed by atoms with Gasteiger partial charge in [0.2, 0.25) is 0 Å². The highest BCUT2D eigenvalue weighted by Crippen LogP contribution is 2.34. The molecule has 0 N–H and O–H groups in total. The second-order valence-electron chi connectivity index (χ2n) is 6.16. The van der Waals surface area contributed by atoms with E-state index in [2.05, 4.69) is 0 Å². The maximum atomic E-state index is 13.4. The van der Waals surface area contributed by atoms with Crippen molar-refractivity contribution in [2.45, 2.75) is 11.8 Å². The van der Waals surface area contributed by atoms with Crippen molar-refractivity contribution in [2.75, 3.05) is 37.8 Å². The van der Waals surface area contributed by atoms with Crippen LogP contribution in [0.25, 0.3) is 0 Å². The van der Waals surface area contributed by atoms with Gasteiger partial charge in [-0.1, -0.05) is 6.07 Å². The molecule has 10 heteroatoms. The van der Waals surface area contributed by atoms with Crippen molar-refractivity contribution in [3.8, 4) is 11.5 Å². The molecule has 1 aliphatic heterocycles. The van der Waals surface area contributed by atoms with Gasteiger partial charge in [0.05, 0.1) is 29.9 Å². The number of benzene rings is 2. The molecule has 0 spiro atoms. The van der Waals surface area contributed by atoms with Gasteiger partial charge in [-0.25, -0.2) is 13.2 Å². The Labute approximate surface area is 174 Å². The highest BCUT2D eigenvalue weighted by Gasteiger charge is 2.30. The van der Waals surface area contributed by atoms with E-state index in [1.807, 2.05) is 0 Å². The molecule has 160 valence electrons. The first-order valence-electron chi connectivity index (χ1n) is 9.13. The van der Waals surface area contributed by atoms with Crippen LogP contribution in [0.15, 0.2) is 47.4 Å². The van der Waals surface area contributed by atoms with E-state index in [-0.39, 0.29) is 22.8 Å². The summed E-state index contributed by atoms with van der Waals surface area (Å²) in [6.45, 7) is 1.81. The monoisotopic (exact) mass is 435 g/mol. The summed E-state index contributed by atoms with van der Waals surface area (Å²) in [4.78, 5) is 23.9. The van der Waals surface area contributed by atoms with Crippen molar-refractivity contribution in [3.05, 3.63) is 48.0 Å². The van der Waals surface area contributed by atoms with Gasteiger partial charge >= 0.3 is 11.9 Å². The van der Waals surface area contributed by atoms with E-state index < -0.39 is 28.5 Å². The maximum Gasteiger partial charge on any atom is 0.337 e. The summed E-state index contributed by atoms with van der Waals surface area (Å²) in [6.07, 6.45) is 0. The molecular weight excluding hydrogens is 414 g/mol. The number of esters is 2. The topological polar surface area (TPSA) is 108 Å². The molecule has 0 atom stereocenters. The number of sulfonamides is 1. The van der Waals surface area contributed by atoms with Gasteiger partial charge < -0.3 is 18.9 Å². The SMILES string of the molecule is CCOC(=O)CN(c1cccc(C(=O)OC)c1)S(=O)(=O)c1ccc2c(c1)OCCO2. The van der Waals surface area contributed by atoms with Gasteiger partial charge in [0, 0.05) is 6.07 Å². The smallest absolute Gasteiger partial charge is 0.337 e. The molecule has 1 heterocycles. The minimum atomic E-state index is -4.21. The first-order valence-corrected chi connectivity index (χ1v) is 10.6. The third-order valence-electron chi connectivity index (χ3n) is 4.23. The number of anilines is 1. The fourth-order valence-corrected chi connectivity index (χ4v) is 4.27. The molecule has 0 saturated heterocycles. The van der Waals surface area contributed by atoms with Gasteiger partial charge in [-0.15, -0.1) is 0 Å². The third-order valence-corrected chi connectivity index (χ3v) is 6.00. The Balaban J connectivity index is 2.05. The average Bonchev–Trinajstić information content (AvgIpc) is 2.76. The van der Waals surface area contributed by atoms with E-state index >= 15 is 0 Å². The van der Waals surface area contributed by atoms with Crippen molar-refractivity contribution < 1.29 is 37.0 Å². The highest BCUT2D eigenvalue weighted by molar-refractivity contribution is 7.92. The van der Waals surface area contributed by atoms with Crippen LogP contribution >= 0.6 is 0 Å². The number of rotatable bonds is 7. The number of hydrogen-bond donors (Lipinski definition) is 0. The number of carbonyl (C=O) groups is 2. The normalized spacial score (nSPS) is 12.7. The molecule has 9 nitrogen and oxygen atoms in total. The van der Waals surface area contributed by atoms with Crippen LogP contribution in [0.3, 0.4) is 0 Å². The lowest BCUT2D eigenvalue weighted by Crippen LogP contribution is -2.36. The quantitative estimate of drug-likeness (QED) is 0.608. The average molecular weight is 435 g/mol. The predicted molar refractivity (Wildman–Crippen MR) is 106 cm³/mol. The zero-order valence-corrected chi connectivity index (χ0v) is 17.3. The highest BCUT2D eigenvalue weighted by atomic mass is 32.2. The molecule has 30 heavy (non-hydrogen) atoms. The maximum absolute atomic E-state index is 13.4. The van der Waals surface area contributed by atoms with Gasteiger partial charge in [0.15, 0.2) is 11.5 Å². The van der Waals surface area contributed by atoms with Gasteiger partial charge in [-0.05, 0) is 37.3 Å². The van der Waals surface area contributed by atoms with E-state index in [0.29, 0.717) is 24.7 Å². The largest absolute Gasteiger partial charge is 0.486 e. The van der Waals surface area contributed by atoms with Gasteiger partial charge in [-0.3, -0.25) is 9.10 Å². The zero-order valence-electron chi connectivity index (χ0n) is 16.5. The Morgan fingerprint density at radius 2 is 1.80 bits per heavy atom. The fraction of sp³-hybridized carbons (Fsp3) is 0.300. The van der Waals surface area contributed by atoms with Crippen molar-refractivity contribution >= 4 is 27.6 Å². The summed E-state index contributed by atoms with van der Waals surface area (Å²) < 4.78 is 48.2. The molecule has 1 aliphatic rings. The van der Waals surface area contributed by atoms with E-state index in [1.165, 1.54) is 49.6 Å². The summed E-state index contributed by atoms with van der Waals surface area (Å²) >= 11 is 0. The molecule has 0 bridgehead atoms. The van der Waals surface area contributed by atoms with Crippen LogP contribution in [0.1, 0.15) is 17.3 Å². The van der Waals surface area contributed by atoms with E-state index in [0.717, 1.165) is 4.31 Å². The minimum absolute atomic E-state index is 0.0962. The molecule has 2 aromatic carbocycles. The number of hydrogen-bond acceptors (Lipinski definition) is 8. The Bertz CT molecular complexity index is 1050. The molecule has 0 saturated carbocycles. The van der Waals surface area contributed by atoms with Crippen LogP contribution in [0.4, 0.5) is 5.69 Å². The molecule has 0 unspecified atom stereocenters. The van der Waals surface area contributed by atoms with Crippen LogP contribution in [0, 0.1) is 0 Å². The van der Waals surface area contributed by atoms with Gasteiger partial charge in [0.1, 0.15) is 19.8 Å². The summed E-state index contributed by atoms with van der Waals surface area (Å²) in [5.41, 5.74) is 0.252. The predicted octanol–water partition coefficient (Wildman–Crippen LogP) is 2.00. The third kappa shape index (κ3) is 4.48. The molecule has 0 amide bonds. The number of nitrogens with zero attached hydrogens (tertiary/aromatic N) is 1. The fourth-order valence-electron chi connectivity index (χ4n) is 2.86. The van der Waals surface area contributed by atoms with Crippen molar-refractivity contribution in [1.29, 1.82) is 0 Å². The molecule has 0 radical (unpaired) electrons. The summed E-state index contributed by atoms with van der Waals surface area (Å²) in [5, 5.41) is 0. The summed E-state index contributed by atoms with van der Waals surface area (Å²) in [6, 6.07) is 9.99. The molecule has 0 aromatic heterocycles. The van der Waals surface area contributed by atoms with Crippen LogP contribution in [-0.2, 0) is 24.3 Å². The standard InChI is InChI=1S/C20H21NO8S/c1-3-27-19(22)13-21(15-6-4-5-14(11-15)20(23)26-2)30(24,25)16-7-8-17-18(12-16)29-10-9-28-17/h4-8,11-12H,3,9-10,13H2,1-2H3. The van der Waals surface area contributed by atoms with Crippen molar-refractivity contribution in [1.82, 2.24) is 0 Å². The lowest BCUT2D eigenvalue weighted by molar-refractivity contribution is -0.141. The Morgan fingerprint density at radius 1 is 1.07 bits per heavy atom. The molecule has 2 aromatic rings. The molecule has 0 fully saturated rings. The van der Waals surface area contributed by atoms with Crippen LogP contribution < -0.4 is 13.8 Å². The first-order chi connectivity index (χ1) is 14.4. The van der Waals surface area contributed by atoms with Crippen LogP contribution in [0.5, 0.6) is 11.5 Å². The van der Waals surface area contributed by atoms with Crippen molar-refractivity contribution in [3.63, 3.8) is 0 Å². The second kappa shape index (κ2) is 9.04. The molecule has 0 aliphatic carbocycles. The van der Waals surface area contributed by atoms with Gasteiger partial charge in [0.25, 0.3) is 10.0 Å². The number of fused-ring (bicyclic) bond motifs is 1. The number of methoxy groups -OCH3 is 1. The van der Waals surface area contributed by atoms with E-state index in [9.17, 15) is 18.0 Å². The van der Waals surface area contributed by atoms with Gasteiger partial charge in [-0.2, -0.15) is 0 Å². The molecular formula is C20H21NO8S. The first kappa shape index (κ1) is 21.4. The molecule has 3 rings (SSSR count). The number of carbonyl (C=O) groups excluding carboxylic acids is 2.